The second kappa shape index (κ2) is 14.3. The number of alkyl halides is 2. The third-order valence-electron chi connectivity index (χ3n) is 10.2. The third-order valence-corrected chi connectivity index (χ3v) is 10.2. The Morgan fingerprint density at radius 1 is 1.07 bits per heavy atom. The summed E-state index contributed by atoms with van der Waals surface area (Å²) in [5.74, 6) is -1.78. The van der Waals surface area contributed by atoms with Gasteiger partial charge in [-0.05, 0) is 107 Å². The maximum atomic E-state index is 14.1. The lowest BCUT2D eigenvalue weighted by molar-refractivity contribution is -0.149. The van der Waals surface area contributed by atoms with E-state index in [-0.39, 0.29) is 17.4 Å². The van der Waals surface area contributed by atoms with Crippen molar-refractivity contribution in [2.45, 2.75) is 123 Å². The second-order valence-corrected chi connectivity index (χ2v) is 13.5. The van der Waals surface area contributed by atoms with Crippen molar-refractivity contribution in [2.75, 3.05) is 13.1 Å². The number of carbonyl (C=O) groups excluding carboxylic acids is 2. The van der Waals surface area contributed by atoms with Gasteiger partial charge in [-0.1, -0.05) is 67.8 Å². The molecule has 1 aliphatic carbocycles. The van der Waals surface area contributed by atoms with Crippen molar-refractivity contribution in [1.29, 1.82) is 0 Å². The summed E-state index contributed by atoms with van der Waals surface area (Å²) in [7, 11) is 0. The van der Waals surface area contributed by atoms with Crippen LogP contribution in [0.4, 0.5) is 8.78 Å². The second-order valence-electron chi connectivity index (χ2n) is 13.5. The summed E-state index contributed by atoms with van der Waals surface area (Å²) in [4.78, 5) is 29.0. The van der Waals surface area contributed by atoms with Crippen molar-refractivity contribution in [2.24, 2.45) is 11.8 Å². The molecule has 0 radical (unpaired) electrons. The van der Waals surface area contributed by atoms with Crippen LogP contribution in [0.25, 0.3) is 0 Å². The highest BCUT2D eigenvalue weighted by Crippen LogP contribution is 2.45. The average molecular weight is 596 g/mol. The van der Waals surface area contributed by atoms with Crippen molar-refractivity contribution in [3.05, 3.63) is 70.3 Å². The number of ether oxygens (including phenoxy) is 1. The normalized spacial score (nSPS) is 27.0. The zero-order valence-corrected chi connectivity index (χ0v) is 26.9. The van der Waals surface area contributed by atoms with Gasteiger partial charge in [-0.3, -0.25) is 4.79 Å². The first-order chi connectivity index (χ1) is 20.4. The lowest BCUT2D eigenvalue weighted by Crippen LogP contribution is -2.43. The molecule has 0 bridgehead atoms. The van der Waals surface area contributed by atoms with Crippen LogP contribution >= 0.6 is 0 Å². The highest BCUT2D eigenvalue weighted by molar-refractivity contribution is 6.07. The van der Waals surface area contributed by atoms with E-state index in [4.69, 9.17) is 4.74 Å². The van der Waals surface area contributed by atoms with Gasteiger partial charge >= 0.3 is 5.97 Å². The average Bonchev–Trinajstić information content (AvgIpc) is 3.08. The van der Waals surface area contributed by atoms with E-state index in [1.807, 2.05) is 17.9 Å². The Bertz CT molecular complexity index is 1220. The summed E-state index contributed by atoms with van der Waals surface area (Å²) in [5.41, 5.74) is 2.62. The number of amides is 1. The van der Waals surface area contributed by atoms with Crippen LogP contribution in [-0.2, 0) is 14.3 Å². The Balaban J connectivity index is 1.39. The van der Waals surface area contributed by atoms with Crippen molar-refractivity contribution in [1.82, 2.24) is 4.90 Å². The van der Waals surface area contributed by atoms with Crippen LogP contribution in [0.15, 0.2) is 64.8 Å². The first kappa shape index (κ1) is 33.1. The van der Waals surface area contributed by atoms with Crippen molar-refractivity contribution in [3.8, 4) is 0 Å². The number of rotatable bonds is 8. The fourth-order valence-corrected chi connectivity index (χ4v) is 7.46. The molecule has 1 aromatic rings. The summed E-state index contributed by atoms with van der Waals surface area (Å²) in [6.45, 7) is 9.62. The molecule has 1 saturated heterocycles. The van der Waals surface area contributed by atoms with E-state index in [1.165, 1.54) is 12.5 Å². The Morgan fingerprint density at radius 3 is 2.35 bits per heavy atom. The van der Waals surface area contributed by atoms with Gasteiger partial charge in [-0.15, -0.1) is 0 Å². The zero-order valence-electron chi connectivity index (χ0n) is 26.9. The molecular weight excluding hydrogens is 544 g/mol. The first-order valence-corrected chi connectivity index (χ1v) is 16.4. The molecule has 1 amide bonds. The number of hydrogen-bond acceptors (Lipinski definition) is 3. The number of esters is 1. The largest absolute Gasteiger partial charge is 0.451 e. The molecular formula is C37H51F2NO3. The molecule has 6 heteroatoms. The summed E-state index contributed by atoms with van der Waals surface area (Å²) in [5, 5.41) is 0. The van der Waals surface area contributed by atoms with E-state index in [0.29, 0.717) is 54.8 Å². The Hall–Kier alpha value is -2.76. The van der Waals surface area contributed by atoms with Crippen LogP contribution < -0.4 is 0 Å². The van der Waals surface area contributed by atoms with Gasteiger partial charge in [0.25, 0.3) is 11.8 Å². The van der Waals surface area contributed by atoms with Crippen LogP contribution in [0.2, 0.25) is 0 Å². The van der Waals surface area contributed by atoms with Crippen molar-refractivity contribution >= 4 is 11.9 Å². The minimum Gasteiger partial charge on any atom is -0.451 e. The van der Waals surface area contributed by atoms with Crippen LogP contribution in [-0.4, -0.2) is 41.4 Å². The highest BCUT2D eigenvalue weighted by atomic mass is 19.3. The van der Waals surface area contributed by atoms with Crippen molar-refractivity contribution < 1.29 is 23.1 Å². The van der Waals surface area contributed by atoms with Gasteiger partial charge in [-0.25, -0.2) is 13.6 Å². The summed E-state index contributed by atoms with van der Waals surface area (Å²) in [6, 6.07) is 10.7. The molecule has 236 valence electrons. The summed E-state index contributed by atoms with van der Waals surface area (Å²) in [6.07, 6.45) is 13.4. The highest BCUT2D eigenvalue weighted by Gasteiger charge is 2.50. The molecule has 0 aromatic heterocycles. The Kier molecular flexibility index (Phi) is 11.1. The predicted molar refractivity (Wildman–Crippen MR) is 169 cm³/mol. The molecule has 2 unspecified atom stereocenters. The molecule has 2 aliphatic heterocycles. The van der Waals surface area contributed by atoms with Gasteiger partial charge in [-0.2, -0.15) is 0 Å². The zero-order chi connectivity index (χ0) is 31.2. The Labute approximate surface area is 257 Å². The number of likely N-dealkylation sites (tertiary alicyclic amines) is 1. The number of benzene rings is 1. The standard InChI is InChI=1S/C37H51F2NO3/c1-6-29(24-27(3)36(5,38)39)25-31-15-12-21-40(22-18-31)34(41)33-28(4)35(42)43-37(33)19-10-13-30(14-11-20-37)23-26(2)32-16-8-7-9-17-32/h6-9,16-17,24,26,30-31H,10-15,18-23,25H2,1-5H3. The lowest BCUT2D eigenvalue weighted by atomic mass is 9.76. The molecule has 3 aliphatic rings. The number of halogens is 2. The molecule has 1 spiro atoms. The van der Waals surface area contributed by atoms with Crippen molar-refractivity contribution in [3.63, 3.8) is 0 Å². The van der Waals surface area contributed by atoms with E-state index >= 15 is 0 Å². The number of allylic oxidation sites excluding steroid dienone is 4. The van der Waals surface area contributed by atoms with E-state index in [2.05, 4.69) is 37.3 Å². The van der Waals surface area contributed by atoms with Gasteiger partial charge < -0.3 is 9.64 Å². The first-order valence-electron chi connectivity index (χ1n) is 16.4. The molecule has 2 fully saturated rings. The SMILES string of the molecule is CC=C(C=C(C)C(C)(F)F)CC1CCCN(C(=O)C2=C(C)C(=O)OC23CCCC(CC(C)c2ccccc2)CCC3)CC1. The molecule has 43 heavy (non-hydrogen) atoms. The quantitative estimate of drug-likeness (QED) is 0.222. The molecule has 0 N–H and O–H groups in total. The van der Waals surface area contributed by atoms with Crippen LogP contribution in [0.1, 0.15) is 117 Å². The molecule has 4 rings (SSSR count). The fourth-order valence-electron chi connectivity index (χ4n) is 7.46. The van der Waals surface area contributed by atoms with E-state index in [0.717, 1.165) is 70.3 Å². The van der Waals surface area contributed by atoms with Gasteiger partial charge in [0.05, 0.1) is 5.57 Å². The molecule has 2 atom stereocenters. The van der Waals surface area contributed by atoms with Gasteiger partial charge in [0.15, 0.2) is 0 Å². The van der Waals surface area contributed by atoms with E-state index < -0.39 is 11.5 Å². The molecule has 4 nitrogen and oxygen atoms in total. The van der Waals surface area contributed by atoms with Gasteiger partial charge in [0, 0.05) is 25.6 Å². The predicted octanol–water partition coefficient (Wildman–Crippen LogP) is 9.33. The minimum atomic E-state index is -2.83. The summed E-state index contributed by atoms with van der Waals surface area (Å²) >= 11 is 0. The van der Waals surface area contributed by atoms with Crippen LogP contribution in [0.5, 0.6) is 0 Å². The molecule has 2 heterocycles. The number of carbonyl (C=O) groups is 2. The minimum absolute atomic E-state index is 0.0496. The third kappa shape index (κ3) is 8.25. The van der Waals surface area contributed by atoms with E-state index in [1.54, 1.807) is 13.0 Å². The van der Waals surface area contributed by atoms with Crippen LogP contribution in [0, 0.1) is 11.8 Å². The van der Waals surface area contributed by atoms with Gasteiger partial charge in [0.1, 0.15) is 5.60 Å². The molecule has 1 saturated carbocycles. The van der Waals surface area contributed by atoms with Crippen LogP contribution in [0.3, 0.4) is 0 Å². The van der Waals surface area contributed by atoms with E-state index in [9.17, 15) is 18.4 Å². The summed E-state index contributed by atoms with van der Waals surface area (Å²) < 4.78 is 33.6. The van der Waals surface area contributed by atoms with Gasteiger partial charge in [0.2, 0.25) is 0 Å². The maximum absolute atomic E-state index is 14.1. The Morgan fingerprint density at radius 2 is 1.72 bits per heavy atom. The smallest absolute Gasteiger partial charge is 0.335 e. The lowest BCUT2D eigenvalue weighted by Gasteiger charge is -2.36. The fraction of sp³-hybridized carbons (Fsp3) is 0.622. The molecule has 1 aromatic carbocycles. The number of hydrogen-bond donors (Lipinski definition) is 0. The maximum Gasteiger partial charge on any atom is 0.335 e. The monoisotopic (exact) mass is 595 g/mol. The topological polar surface area (TPSA) is 46.6 Å². The number of nitrogens with zero attached hydrogens (tertiary/aromatic N) is 1.